The highest BCUT2D eigenvalue weighted by Crippen LogP contribution is 2.43. The van der Waals surface area contributed by atoms with Crippen LogP contribution in [0.1, 0.15) is 31.7 Å². The van der Waals surface area contributed by atoms with E-state index in [0.29, 0.717) is 24.5 Å². The summed E-state index contributed by atoms with van der Waals surface area (Å²) in [4.78, 5) is 11.5. The summed E-state index contributed by atoms with van der Waals surface area (Å²) in [5, 5.41) is 0. The third-order valence-corrected chi connectivity index (χ3v) is 4.02. The maximum Gasteiger partial charge on any atom is 0.133 e. The largest absolute Gasteiger partial charge is 0.487 e. The van der Waals surface area contributed by atoms with Crippen LogP contribution in [0.25, 0.3) is 0 Å². The van der Waals surface area contributed by atoms with Gasteiger partial charge in [0.15, 0.2) is 0 Å². The zero-order chi connectivity index (χ0) is 11.2. The summed E-state index contributed by atoms with van der Waals surface area (Å²) in [6, 6.07) is 8.19. The molecule has 1 aliphatic heterocycles. The molecular formula is C14H16O2. The smallest absolute Gasteiger partial charge is 0.133 e. The molecule has 3 rings (SSSR count). The van der Waals surface area contributed by atoms with Gasteiger partial charge < -0.3 is 4.74 Å². The van der Waals surface area contributed by atoms with Crippen molar-refractivity contribution in [2.45, 2.75) is 38.2 Å². The van der Waals surface area contributed by atoms with Gasteiger partial charge in [-0.2, -0.15) is 0 Å². The van der Waals surface area contributed by atoms with Gasteiger partial charge in [-0.1, -0.05) is 18.2 Å². The molecule has 0 bridgehead atoms. The van der Waals surface area contributed by atoms with Crippen molar-refractivity contribution in [3.63, 3.8) is 0 Å². The Bertz CT molecular complexity index is 438. The first-order valence-corrected chi connectivity index (χ1v) is 5.96. The highest BCUT2D eigenvalue weighted by atomic mass is 16.5. The summed E-state index contributed by atoms with van der Waals surface area (Å²) in [5.41, 5.74) is 1.13. The third kappa shape index (κ3) is 1.44. The van der Waals surface area contributed by atoms with Gasteiger partial charge in [-0.3, -0.25) is 4.79 Å². The molecule has 0 saturated heterocycles. The highest BCUT2D eigenvalue weighted by Gasteiger charge is 2.44. The van der Waals surface area contributed by atoms with Crippen LogP contribution < -0.4 is 4.74 Å². The van der Waals surface area contributed by atoms with Crippen LogP contribution in [-0.4, -0.2) is 11.4 Å². The van der Waals surface area contributed by atoms with E-state index in [1.165, 1.54) is 5.56 Å². The summed E-state index contributed by atoms with van der Waals surface area (Å²) in [6.45, 7) is 2.15. The molecule has 0 unspecified atom stereocenters. The first-order valence-electron chi connectivity index (χ1n) is 5.96. The van der Waals surface area contributed by atoms with E-state index in [0.717, 1.165) is 18.6 Å². The molecule has 0 N–H and O–H groups in total. The number of carbonyl (C=O) groups is 1. The number of Topliss-reactive ketones (excluding diaryl/α,β-unsaturated/α-hetero) is 1. The minimum Gasteiger partial charge on any atom is -0.487 e. The van der Waals surface area contributed by atoms with Crippen molar-refractivity contribution < 1.29 is 9.53 Å². The molecule has 0 amide bonds. The van der Waals surface area contributed by atoms with Gasteiger partial charge in [0.2, 0.25) is 0 Å². The fourth-order valence-electron chi connectivity index (χ4n) is 2.90. The van der Waals surface area contributed by atoms with Crippen molar-refractivity contribution in [2.24, 2.45) is 5.92 Å². The molecule has 1 saturated carbocycles. The number of ketones is 1. The summed E-state index contributed by atoms with van der Waals surface area (Å²) in [6.07, 6.45) is 3.21. The lowest BCUT2D eigenvalue weighted by atomic mass is 9.71. The molecule has 0 spiro atoms. The number of benzene rings is 1. The Labute approximate surface area is 95.6 Å². The Hall–Kier alpha value is -1.31. The maximum atomic E-state index is 11.5. The van der Waals surface area contributed by atoms with Gasteiger partial charge in [-0.25, -0.2) is 0 Å². The normalized spacial score (nSPS) is 32.6. The van der Waals surface area contributed by atoms with Crippen molar-refractivity contribution >= 4 is 5.78 Å². The molecule has 2 heteroatoms. The van der Waals surface area contributed by atoms with E-state index in [2.05, 4.69) is 13.0 Å². The molecule has 1 aromatic carbocycles. The summed E-state index contributed by atoms with van der Waals surface area (Å²) < 4.78 is 6.12. The van der Waals surface area contributed by atoms with E-state index in [-0.39, 0.29) is 5.60 Å². The summed E-state index contributed by atoms with van der Waals surface area (Å²) in [5.74, 6) is 1.77. The Morgan fingerprint density at radius 1 is 1.31 bits per heavy atom. The molecule has 0 aromatic heterocycles. The zero-order valence-electron chi connectivity index (χ0n) is 9.53. The number of carbonyl (C=O) groups excluding carboxylic acids is 1. The lowest BCUT2D eigenvalue weighted by Crippen LogP contribution is -2.48. The molecule has 1 aromatic rings. The molecule has 2 nitrogen and oxygen atoms in total. The van der Waals surface area contributed by atoms with Crippen LogP contribution in [0, 0.1) is 5.92 Å². The Balaban J connectivity index is 1.97. The zero-order valence-corrected chi connectivity index (χ0v) is 9.53. The molecule has 84 valence electrons. The minimum atomic E-state index is -0.123. The van der Waals surface area contributed by atoms with Crippen molar-refractivity contribution in [3.8, 4) is 5.75 Å². The topological polar surface area (TPSA) is 26.3 Å². The second-order valence-corrected chi connectivity index (χ2v) is 5.17. The number of rotatable bonds is 0. The second-order valence-electron chi connectivity index (χ2n) is 5.17. The minimum absolute atomic E-state index is 0.123. The number of hydrogen-bond acceptors (Lipinski definition) is 2. The molecule has 2 aliphatic rings. The first kappa shape index (κ1) is 9.88. The number of fused-ring (bicyclic) bond motifs is 2. The molecule has 1 fully saturated rings. The maximum absolute atomic E-state index is 11.5. The van der Waals surface area contributed by atoms with Gasteiger partial charge in [0.1, 0.15) is 17.1 Å². The van der Waals surface area contributed by atoms with Crippen LogP contribution in [-0.2, 0) is 11.2 Å². The highest BCUT2D eigenvalue weighted by molar-refractivity contribution is 5.80. The van der Waals surface area contributed by atoms with Gasteiger partial charge in [-0.15, -0.1) is 0 Å². The van der Waals surface area contributed by atoms with Crippen molar-refractivity contribution in [3.05, 3.63) is 29.8 Å². The van der Waals surface area contributed by atoms with Gasteiger partial charge in [0.25, 0.3) is 0 Å². The first-order chi connectivity index (χ1) is 7.67. The van der Waals surface area contributed by atoms with E-state index in [1.807, 2.05) is 18.2 Å². The van der Waals surface area contributed by atoms with E-state index >= 15 is 0 Å². The van der Waals surface area contributed by atoms with Crippen molar-refractivity contribution in [1.29, 1.82) is 0 Å². The number of hydrogen-bond donors (Lipinski definition) is 0. The fraction of sp³-hybridized carbons (Fsp3) is 0.500. The second kappa shape index (κ2) is 3.34. The van der Waals surface area contributed by atoms with Crippen LogP contribution in [0.2, 0.25) is 0 Å². The Morgan fingerprint density at radius 2 is 2.12 bits per heavy atom. The van der Waals surface area contributed by atoms with Crippen LogP contribution in [0.5, 0.6) is 5.75 Å². The quantitative estimate of drug-likeness (QED) is 0.666. The van der Waals surface area contributed by atoms with Crippen LogP contribution in [0.4, 0.5) is 0 Å². The monoisotopic (exact) mass is 216 g/mol. The number of para-hydroxylation sites is 1. The fourth-order valence-corrected chi connectivity index (χ4v) is 2.90. The van der Waals surface area contributed by atoms with E-state index < -0.39 is 0 Å². The third-order valence-electron chi connectivity index (χ3n) is 4.02. The summed E-state index contributed by atoms with van der Waals surface area (Å²) >= 11 is 0. The van der Waals surface area contributed by atoms with E-state index in [9.17, 15) is 4.79 Å². The van der Waals surface area contributed by atoms with Crippen LogP contribution in [0.15, 0.2) is 24.3 Å². The average Bonchev–Trinajstić information content (AvgIpc) is 2.27. The van der Waals surface area contributed by atoms with Crippen molar-refractivity contribution in [2.75, 3.05) is 0 Å². The molecular weight excluding hydrogens is 200 g/mol. The van der Waals surface area contributed by atoms with Gasteiger partial charge >= 0.3 is 0 Å². The average molecular weight is 216 g/mol. The molecule has 1 aliphatic carbocycles. The van der Waals surface area contributed by atoms with Crippen LogP contribution >= 0.6 is 0 Å². The SMILES string of the molecule is C[C@]12CCC(=O)C[C@@H]1Cc1ccccc1O2. The molecule has 16 heavy (non-hydrogen) atoms. The number of ether oxygens (including phenoxy) is 1. The standard InChI is InChI=1S/C14H16O2/c1-14-7-6-12(15)9-11(14)8-10-4-2-3-5-13(10)16-14/h2-5,11H,6-9H2,1H3/t11-,14-/m0/s1. The molecule has 2 atom stereocenters. The van der Waals surface area contributed by atoms with Crippen molar-refractivity contribution in [1.82, 2.24) is 0 Å². The van der Waals surface area contributed by atoms with Gasteiger partial charge in [-0.05, 0) is 31.4 Å². The van der Waals surface area contributed by atoms with E-state index in [4.69, 9.17) is 4.74 Å². The Kier molecular flexibility index (Phi) is 2.06. The lowest BCUT2D eigenvalue weighted by Gasteiger charge is -2.45. The van der Waals surface area contributed by atoms with E-state index in [1.54, 1.807) is 0 Å². The van der Waals surface area contributed by atoms with Gasteiger partial charge in [0.05, 0.1) is 0 Å². The molecule has 0 radical (unpaired) electrons. The summed E-state index contributed by atoms with van der Waals surface area (Å²) in [7, 11) is 0. The predicted octanol–water partition coefficient (Wildman–Crippen LogP) is 2.75. The van der Waals surface area contributed by atoms with Crippen LogP contribution in [0.3, 0.4) is 0 Å². The van der Waals surface area contributed by atoms with Gasteiger partial charge in [0, 0.05) is 18.8 Å². The lowest BCUT2D eigenvalue weighted by molar-refractivity contribution is -0.128. The predicted molar refractivity (Wildman–Crippen MR) is 61.5 cm³/mol. The molecule has 1 heterocycles. The Morgan fingerprint density at radius 3 is 3.00 bits per heavy atom.